The Kier molecular flexibility index (Phi) is 4.67. The summed E-state index contributed by atoms with van der Waals surface area (Å²) in [5, 5.41) is 12.6. The summed E-state index contributed by atoms with van der Waals surface area (Å²) in [7, 11) is 0. The van der Waals surface area contributed by atoms with E-state index in [-0.39, 0.29) is 11.9 Å². The molecule has 1 fully saturated rings. The smallest absolute Gasteiger partial charge is 0.277 e. The second kappa shape index (κ2) is 7.11. The number of ether oxygens (including phenoxy) is 1. The molecule has 8 heteroatoms. The maximum atomic E-state index is 5.80. The second-order valence-electron chi connectivity index (χ2n) is 6.54. The zero-order chi connectivity index (χ0) is 18.1. The van der Waals surface area contributed by atoms with E-state index in [2.05, 4.69) is 26.4 Å². The lowest BCUT2D eigenvalue weighted by Gasteiger charge is -2.07. The molecular formula is C18H20N4O3S. The summed E-state index contributed by atoms with van der Waals surface area (Å²) in [6.45, 7) is 6.25. The number of aryl methyl sites for hydroxylation is 2. The molecule has 0 amide bonds. The van der Waals surface area contributed by atoms with Gasteiger partial charge in [-0.1, -0.05) is 29.1 Å². The first-order chi connectivity index (χ1) is 12.6. The lowest BCUT2D eigenvalue weighted by molar-refractivity contribution is 0.250. The molecule has 1 aliphatic carbocycles. The number of hydrogen-bond donors (Lipinski definition) is 0. The van der Waals surface area contributed by atoms with Gasteiger partial charge in [0.2, 0.25) is 5.89 Å². The number of rotatable bonds is 7. The van der Waals surface area contributed by atoms with Crippen LogP contribution in [-0.2, 0) is 6.61 Å². The van der Waals surface area contributed by atoms with E-state index in [1.54, 1.807) is 0 Å². The van der Waals surface area contributed by atoms with Gasteiger partial charge in [0.25, 0.3) is 11.1 Å². The zero-order valence-electron chi connectivity index (χ0n) is 14.9. The number of hydrogen-bond acceptors (Lipinski definition) is 8. The van der Waals surface area contributed by atoms with Gasteiger partial charge in [0.1, 0.15) is 5.75 Å². The van der Waals surface area contributed by atoms with Crippen molar-refractivity contribution in [3.63, 3.8) is 0 Å². The summed E-state index contributed by atoms with van der Waals surface area (Å²) in [5.41, 5.74) is 2.22. The first kappa shape index (κ1) is 17.1. The fourth-order valence-corrected chi connectivity index (χ4v) is 3.20. The van der Waals surface area contributed by atoms with Crippen molar-refractivity contribution in [2.45, 2.75) is 56.6 Å². The van der Waals surface area contributed by atoms with Crippen LogP contribution < -0.4 is 4.74 Å². The highest BCUT2D eigenvalue weighted by Crippen LogP contribution is 2.40. The van der Waals surface area contributed by atoms with Gasteiger partial charge in [-0.25, -0.2) is 0 Å². The maximum absolute atomic E-state index is 5.80. The van der Waals surface area contributed by atoms with Gasteiger partial charge in [-0.3, -0.25) is 0 Å². The molecule has 0 saturated heterocycles. The third-order valence-corrected chi connectivity index (χ3v) is 5.09. The highest BCUT2D eigenvalue weighted by molar-refractivity contribution is 7.99. The summed E-state index contributed by atoms with van der Waals surface area (Å²) < 4.78 is 16.8. The minimum atomic E-state index is -0.0526. The Balaban J connectivity index is 1.35. The molecule has 4 rings (SSSR count). The largest absolute Gasteiger partial charge is 0.484 e. The normalized spacial score (nSPS) is 15.2. The molecule has 2 aromatic heterocycles. The molecule has 1 aromatic carbocycles. The molecule has 3 aromatic rings. The van der Waals surface area contributed by atoms with Crippen molar-refractivity contribution in [3.8, 4) is 5.75 Å². The Labute approximate surface area is 155 Å². The van der Waals surface area contributed by atoms with Crippen LogP contribution in [0.1, 0.15) is 59.7 Å². The van der Waals surface area contributed by atoms with E-state index in [4.69, 9.17) is 13.7 Å². The molecule has 1 atom stereocenters. The first-order valence-electron chi connectivity index (χ1n) is 8.61. The SMILES string of the molecule is Cc1ccc(C)c(OCc2nnc(S[C@H](C)c3nc(C4CC4)no3)o2)c1. The highest BCUT2D eigenvalue weighted by atomic mass is 32.2. The third kappa shape index (κ3) is 3.90. The van der Waals surface area contributed by atoms with Crippen LogP contribution in [0.15, 0.2) is 32.4 Å². The van der Waals surface area contributed by atoms with Crippen LogP contribution in [0.3, 0.4) is 0 Å². The monoisotopic (exact) mass is 372 g/mol. The van der Waals surface area contributed by atoms with Crippen LogP contribution in [0.2, 0.25) is 0 Å². The van der Waals surface area contributed by atoms with Gasteiger partial charge in [-0.05, 0) is 50.8 Å². The van der Waals surface area contributed by atoms with Gasteiger partial charge in [0, 0.05) is 5.92 Å². The van der Waals surface area contributed by atoms with E-state index in [0.29, 0.717) is 22.9 Å². The highest BCUT2D eigenvalue weighted by Gasteiger charge is 2.30. The van der Waals surface area contributed by atoms with Crippen molar-refractivity contribution in [1.29, 1.82) is 0 Å². The fourth-order valence-electron chi connectivity index (χ4n) is 2.47. The number of benzene rings is 1. The average molecular weight is 372 g/mol. The minimum Gasteiger partial charge on any atom is -0.484 e. The van der Waals surface area contributed by atoms with Gasteiger partial charge < -0.3 is 13.7 Å². The van der Waals surface area contributed by atoms with Crippen molar-refractivity contribution in [2.24, 2.45) is 0 Å². The summed E-state index contributed by atoms with van der Waals surface area (Å²) in [5.74, 6) is 3.12. The van der Waals surface area contributed by atoms with Crippen molar-refractivity contribution in [2.75, 3.05) is 0 Å². The van der Waals surface area contributed by atoms with E-state index >= 15 is 0 Å². The van der Waals surface area contributed by atoms with Gasteiger partial charge in [-0.15, -0.1) is 10.2 Å². The number of thioether (sulfide) groups is 1. The molecule has 0 radical (unpaired) electrons. The predicted molar refractivity (Wildman–Crippen MR) is 95.1 cm³/mol. The van der Waals surface area contributed by atoms with Gasteiger partial charge in [-0.2, -0.15) is 4.98 Å². The molecule has 0 bridgehead atoms. The summed E-state index contributed by atoms with van der Waals surface area (Å²) in [4.78, 5) is 4.46. The average Bonchev–Trinajstić information content (AvgIpc) is 3.17. The molecule has 2 heterocycles. The van der Waals surface area contributed by atoms with E-state index in [1.165, 1.54) is 11.8 Å². The zero-order valence-corrected chi connectivity index (χ0v) is 15.7. The molecule has 136 valence electrons. The van der Waals surface area contributed by atoms with Gasteiger partial charge >= 0.3 is 0 Å². The van der Waals surface area contributed by atoms with E-state index in [1.807, 2.05) is 32.9 Å². The van der Waals surface area contributed by atoms with Crippen molar-refractivity contribution < 1.29 is 13.7 Å². The standard InChI is InChI=1S/C18H20N4O3S/c1-10-4-5-11(2)14(8-10)23-9-15-20-21-18(24-15)26-12(3)17-19-16(22-25-17)13-6-7-13/h4-5,8,12-13H,6-7,9H2,1-3H3/t12-/m1/s1. The van der Waals surface area contributed by atoms with Gasteiger partial charge in [0.15, 0.2) is 12.4 Å². The van der Waals surface area contributed by atoms with Crippen LogP contribution in [0.4, 0.5) is 0 Å². The van der Waals surface area contributed by atoms with Crippen LogP contribution in [0.25, 0.3) is 0 Å². The third-order valence-electron chi connectivity index (χ3n) is 4.17. The molecular weight excluding hydrogens is 352 g/mol. The van der Waals surface area contributed by atoms with Crippen molar-refractivity contribution in [1.82, 2.24) is 20.3 Å². The van der Waals surface area contributed by atoms with Crippen LogP contribution >= 0.6 is 11.8 Å². The number of nitrogens with zero attached hydrogens (tertiary/aromatic N) is 4. The molecule has 0 N–H and O–H groups in total. The lowest BCUT2D eigenvalue weighted by Crippen LogP contribution is -1.97. The molecule has 0 spiro atoms. The van der Waals surface area contributed by atoms with Crippen LogP contribution in [0.5, 0.6) is 5.75 Å². The number of aromatic nitrogens is 4. The van der Waals surface area contributed by atoms with Gasteiger partial charge in [0.05, 0.1) is 5.25 Å². The predicted octanol–water partition coefficient (Wildman–Crippen LogP) is 4.38. The Morgan fingerprint density at radius 2 is 2.12 bits per heavy atom. The van der Waals surface area contributed by atoms with E-state index in [0.717, 1.165) is 35.5 Å². The first-order valence-corrected chi connectivity index (χ1v) is 9.49. The summed E-state index contributed by atoms with van der Waals surface area (Å²) in [6, 6.07) is 6.08. The molecule has 26 heavy (non-hydrogen) atoms. The molecule has 0 aliphatic heterocycles. The maximum Gasteiger partial charge on any atom is 0.277 e. The topological polar surface area (TPSA) is 87.1 Å². The Hall–Kier alpha value is -2.35. The molecule has 0 unspecified atom stereocenters. The summed E-state index contributed by atoms with van der Waals surface area (Å²) >= 11 is 1.40. The molecule has 1 aliphatic rings. The fraction of sp³-hybridized carbons (Fsp3) is 0.444. The Morgan fingerprint density at radius 3 is 2.92 bits per heavy atom. The Morgan fingerprint density at radius 1 is 1.27 bits per heavy atom. The quantitative estimate of drug-likeness (QED) is 0.565. The molecule has 7 nitrogen and oxygen atoms in total. The van der Waals surface area contributed by atoms with Crippen LogP contribution in [-0.4, -0.2) is 20.3 Å². The van der Waals surface area contributed by atoms with Crippen LogP contribution in [0, 0.1) is 13.8 Å². The lowest BCUT2D eigenvalue weighted by atomic mass is 10.1. The molecule has 1 saturated carbocycles. The van der Waals surface area contributed by atoms with Crippen molar-refractivity contribution in [3.05, 3.63) is 46.9 Å². The van der Waals surface area contributed by atoms with Crippen molar-refractivity contribution >= 4 is 11.8 Å². The second-order valence-corrected chi connectivity index (χ2v) is 7.84. The van der Waals surface area contributed by atoms with E-state index in [9.17, 15) is 0 Å². The minimum absolute atomic E-state index is 0.0526. The Bertz CT molecular complexity index is 903. The van der Waals surface area contributed by atoms with E-state index < -0.39 is 0 Å². The summed E-state index contributed by atoms with van der Waals surface area (Å²) in [6.07, 6.45) is 2.29.